The lowest BCUT2D eigenvalue weighted by atomic mass is 9.72. The Morgan fingerprint density at radius 3 is 0.390 bits per heavy atom. The second-order valence-electron chi connectivity index (χ2n) is 38.6. The average Bonchev–Trinajstić information content (AvgIpc) is 0.705. The van der Waals surface area contributed by atoms with Crippen LogP contribution in [-0.4, -0.2) is 76.2 Å². The van der Waals surface area contributed by atoms with Gasteiger partial charge in [0.05, 0.1) is 64.6 Å². The van der Waals surface area contributed by atoms with Crippen molar-refractivity contribution < 1.29 is 9.59 Å². The summed E-state index contributed by atoms with van der Waals surface area (Å²) in [5.41, 5.74) is 14.6. The van der Waals surface area contributed by atoms with Crippen LogP contribution in [0.25, 0.3) is 64.6 Å². The highest BCUT2D eigenvalue weighted by atomic mass is 28.3. The van der Waals surface area contributed by atoms with Crippen LogP contribution in [0.3, 0.4) is 0 Å². The Morgan fingerprint density at radius 2 is 0.271 bits per heavy atom. The van der Waals surface area contributed by atoms with Crippen LogP contribution in [0.5, 0.6) is 0 Å². The number of fused-ring (bicyclic) bond motifs is 8. The van der Waals surface area contributed by atoms with Gasteiger partial charge in [-0.2, -0.15) is 0 Å². The van der Waals surface area contributed by atoms with Crippen molar-refractivity contribution >= 4 is 141 Å². The van der Waals surface area contributed by atoms with Crippen LogP contribution in [-0.2, 0) is 51.4 Å². The van der Waals surface area contributed by atoms with Crippen LogP contribution in [0.1, 0.15) is 243 Å². The second-order valence-corrected chi connectivity index (χ2v) is 83.6. The van der Waals surface area contributed by atoms with Gasteiger partial charge >= 0.3 is 0 Å². The van der Waals surface area contributed by atoms with Gasteiger partial charge in [0.2, 0.25) is 0 Å². The number of hydrogen-bond donors (Lipinski definition) is 0. The maximum absolute atomic E-state index is 16.4. The van der Waals surface area contributed by atoms with Crippen LogP contribution >= 0.6 is 0 Å². The highest BCUT2D eigenvalue weighted by Crippen LogP contribution is 2.50. The van der Waals surface area contributed by atoms with E-state index >= 15 is 9.59 Å². The van der Waals surface area contributed by atoms with E-state index in [1.807, 2.05) is 0 Å². The molecule has 10 heteroatoms. The van der Waals surface area contributed by atoms with E-state index in [1.54, 1.807) is 65.3 Å². The first-order valence-electron chi connectivity index (χ1n) is 50.0. The monoisotopic (exact) mass is 1720 g/mol. The van der Waals surface area contributed by atoms with Gasteiger partial charge in [0.15, 0.2) is 11.6 Å². The Hall–Kier alpha value is -4.38. The molecule has 0 spiro atoms. The summed E-state index contributed by atoms with van der Waals surface area (Å²) in [6, 6.07) is 85.5. The quantitative estimate of drug-likeness (QED) is 0.0281. The summed E-state index contributed by atoms with van der Waals surface area (Å²) in [6.07, 6.45) is 8.48. The van der Waals surface area contributed by atoms with Crippen molar-refractivity contribution in [1.82, 2.24) is 0 Å². The zero-order valence-electron chi connectivity index (χ0n) is 80.5. The number of carbonyl (C=O) groups excluding carboxylic acids is 2. The lowest BCUT2D eigenvalue weighted by Crippen LogP contribution is -2.35. The molecule has 9 aromatic carbocycles. The Bertz CT molecular complexity index is 4160. The molecule has 0 saturated carbocycles. The first-order chi connectivity index (χ1) is 56.9. The topological polar surface area (TPSA) is 34.1 Å². The third-order valence-corrected chi connectivity index (χ3v) is 83.1. The van der Waals surface area contributed by atoms with E-state index in [-0.39, 0.29) is 11.6 Å². The van der Waals surface area contributed by atoms with E-state index in [0.29, 0.717) is 0 Å². The molecule has 0 fully saturated rings. The van der Waals surface area contributed by atoms with Gasteiger partial charge < -0.3 is 0 Å². The zero-order chi connectivity index (χ0) is 86.0. The van der Waals surface area contributed by atoms with Gasteiger partial charge in [-0.05, 0) is 173 Å². The molecule has 0 saturated heterocycles. The molecule has 1 aliphatic carbocycles. The standard InChI is InChI=1S/C54H84O2Si4.C54H86Si4/c1-13-57(14-2,15-3)37-33-45-41-29-25-26-30-42(41)46(34-38-58(16-4,17-5)18-6)50-49(45)53(55)51-47(35-39-59(19-7,20-8)21-9)43-31-27-28-32-44(43)48(52(51)54(50)56)36-40-60(22-10,23-11)24-12;1-13-55(14-2,15-3)37-33-47-43-29-25-26-30-44(43)48(34-38-56(16-4,17-5)18-6)52-42-54-50(36-40-58(22-10,23-11)24-12)46-32-28-27-31-45(46)49(53(54)41-51(47)52)35-39-57(19-7,20-8)21-9/h25-32H,13-24,33-40H2,1-12H3;25-32,41-42H,13-24,33-40H2,1-12H3. The van der Waals surface area contributed by atoms with Crippen molar-refractivity contribution in [1.29, 1.82) is 0 Å². The first-order valence-corrected chi connectivity index (χ1v) is 72.6. The molecule has 646 valence electrons. The van der Waals surface area contributed by atoms with E-state index in [2.05, 4.69) is 275 Å². The maximum Gasteiger partial charge on any atom is 0.195 e. The number of carbonyl (C=O) groups is 2. The molecule has 0 heterocycles. The lowest BCUT2D eigenvalue weighted by molar-refractivity contribution is 0.0976. The Balaban J connectivity index is 0.000000269. The van der Waals surface area contributed by atoms with Gasteiger partial charge in [0.25, 0.3) is 0 Å². The lowest BCUT2D eigenvalue weighted by Gasteiger charge is -2.34. The Labute approximate surface area is 731 Å². The fraction of sp³-hybridized carbons (Fsp3) is 0.593. The minimum Gasteiger partial charge on any atom is -0.289 e. The summed E-state index contributed by atoms with van der Waals surface area (Å²) in [5, 5.41) is 17.6. The molecule has 0 aromatic heterocycles. The molecule has 2 nitrogen and oxygen atoms in total. The molecule has 0 atom stereocenters. The van der Waals surface area contributed by atoms with Crippen molar-refractivity contribution in [2.24, 2.45) is 0 Å². The van der Waals surface area contributed by atoms with E-state index < -0.39 is 64.6 Å². The summed E-state index contributed by atoms with van der Waals surface area (Å²) in [5.74, 6) is 0.346. The van der Waals surface area contributed by atoms with E-state index in [4.69, 9.17) is 0 Å². The van der Waals surface area contributed by atoms with E-state index in [9.17, 15) is 0 Å². The van der Waals surface area contributed by atoms with Crippen molar-refractivity contribution in [2.45, 2.75) is 411 Å². The number of rotatable bonds is 48. The van der Waals surface area contributed by atoms with Crippen LogP contribution < -0.4 is 0 Å². The molecule has 9 aromatic rings. The Morgan fingerprint density at radius 1 is 0.161 bits per heavy atom. The highest BCUT2D eigenvalue weighted by molar-refractivity contribution is 6.83. The van der Waals surface area contributed by atoms with Gasteiger partial charge in [-0.1, -0.05) is 457 Å². The minimum atomic E-state index is -1.54. The summed E-state index contributed by atoms with van der Waals surface area (Å²) in [6.45, 7) is 59.0. The number of benzene rings is 9. The van der Waals surface area contributed by atoms with E-state index in [1.165, 1.54) is 263 Å². The van der Waals surface area contributed by atoms with Gasteiger partial charge in [0, 0.05) is 22.3 Å². The third kappa shape index (κ3) is 19.7. The maximum atomic E-state index is 16.4. The second kappa shape index (κ2) is 43.5. The molecule has 10 rings (SSSR count). The molecule has 0 bridgehead atoms. The molecular formula is C108H170O2Si8. The third-order valence-electron chi connectivity index (χ3n) is 36.6. The number of aryl methyl sites for hydroxylation is 8. The number of hydrogen-bond acceptors (Lipinski definition) is 2. The minimum absolute atomic E-state index is 0.173. The van der Waals surface area contributed by atoms with Crippen LogP contribution in [0.2, 0.25) is 193 Å². The predicted molar refractivity (Wildman–Crippen MR) is 557 cm³/mol. The molecule has 0 aliphatic heterocycles. The molecular weight excluding hydrogens is 1550 g/mol. The fourth-order valence-corrected chi connectivity index (χ4v) is 50.8. The van der Waals surface area contributed by atoms with Gasteiger partial charge in [-0.3, -0.25) is 9.59 Å². The largest absolute Gasteiger partial charge is 0.289 e. The van der Waals surface area contributed by atoms with E-state index in [0.717, 1.165) is 47.9 Å². The SMILES string of the molecule is CC[Si](CC)(CC)CCc1c2c(c(CC[Si](CC)(CC)CC)c3ccccc13)C(=O)c1c(c(CC[Si](CC)(CC)CC)c3ccccc3c1CC[Si](CC)(CC)CC)C2=O.CC[Si](CC)(CC)CCc1c2ccccc2c(CC[Si](CC)(CC)CC)c2cc3c(CC[Si](CC)(CC)CC)c4ccccc4c(CC[Si](CC)(CC)CC)c3cc12. The van der Waals surface area contributed by atoms with Crippen molar-refractivity contribution in [3.05, 3.63) is 176 Å². The zero-order valence-corrected chi connectivity index (χ0v) is 88.5. The van der Waals surface area contributed by atoms with Crippen LogP contribution in [0.15, 0.2) is 109 Å². The van der Waals surface area contributed by atoms with Crippen LogP contribution in [0.4, 0.5) is 0 Å². The highest BCUT2D eigenvalue weighted by Gasteiger charge is 2.43. The summed E-state index contributed by atoms with van der Waals surface area (Å²) in [4.78, 5) is 32.8. The van der Waals surface area contributed by atoms with Crippen molar-refractivity contribution in [3.8, 4) is 0 Å². The normalized spacial score (nSPS) is 13.5. The van der Waals surface area contributed by atoms with Gasteiger partial charge in [0.1, 0.15) is 0 Å². The smallest absolute Gasteiger partial charge is 0.195 e. The van der Waals surface area contributed by atoms with Gasteiger partial charge in [-0.25, -0.2) is 0 Å². The summed E-state index contributed by atoms with van der Waals surface area (Å²) in [7, 11) is -11.4. The van der Waals surface area contributed by atoms with Crippen molar-refractivity contribution in [3.63, 3.8) is 0 Å². The average molecular weight is 1730 g/mol. The van der Waals surface area contributed by atoms with Gasteiger partial charge in [-0.15, -0.1) is 0 Å². The Kier molecular flexibility index (Phi) is 35.9. The predicted octanol–water partition coefficient (Wildman–Crippen LogP) is 35.5. The summed E-state index contributed by atoms with van der Waals surface area (Å²) >= 11 is 0. The van der Waals surface area contributed by atoms with Crippen molar-refractivity contribution in [2.75, 3.05) is 0 Å². The molecule has 118 heavy (non-hydrogen) atoms. The molecule has 1 aliphatic rings. The fourth-order valence-electron chi connectivity index (χ4n) is 24.1. The number of ketones is 2. The first kappa shape index (κ1) is 97.4. The molecule has 0 radical (unpaired) electrons. The summed E-state index contributed by atoms with van der Waals surface area (Å²) < 4.78 is 0. The molecule has 0 amide bonds. The molecule has 0 N–H and O–H groups in total. The molecule has 0 unspecified atom stereocenters. The van der Waals surface area contributed by atoms with Crippen LogP contribution in [0, 0.1) is 0 Å².